The Labute approximate surface area is 108 Å². The van der Waals surface area contributed by atoms with Gasteiger partial charge in [-0.2, -0.15) is 24.5 Å². The van der Waals surface area contributed by atoms with E-state index in [-0.39, 0.29) is 0 Å². The maximum Gasteiger partial charge on any atom is 0.279 e. The van der Waals surface area contributed by atoms with Crippen LogP contribution in [0, 0.1) is 5.92 Å². The Bertz CT molecular complexity index is 322. The zero-order valence-corrected chi connectivity index (χ0v) is 11.7. The van der Waals surface area contributed by atoms with Crippen LogP contribution >= 0.6 is 11.8 Å². The smallest absolute Gasteiger partial charge is 0.279 e. The number of hydrogen-bond donors (Lipinski definition) is 2. The van der Waals surface area contributed by atoms with E-state index in [1.165, 1.54) is 11.5 Å². The first kappa shape index (κ1) is 13.6. The van der Waals surface area contributed by atoms with Crippen LogP contribution < -0.4 is 10.0 Å². The van der Waals surface area contributed by atoms with E-state index in [9.17, 15) is 8.42 Å². The molecule has 0 spiro atoms. The molecule has 2 rings (SSSR count). The fourth-order valence-electron chi connectivity index (χ4n) is 2.15. The predicted molar refractivity (Wildman–Crippen MR) is 71.4 cm³/mol. The van der Waals surface area contributed by atoms with Gasteiger partial charge >= 0.3 is 0 Å². The molecule has 7 heteroatoms. The summed E-state index contributed by atoms with van der Waals surface area (Å²) in [5.74, 6) is 2.86. The quantitative estimate of drug-likeness (QED) is 0.752. The summed E-state index contributed by atoms with van der Waals surface area (Å²) in [5.41, 5.74) is 0. The van der Waals surface area contributed by atoms with Crippen molar-refractivity contribution in [1.82, 2.24) is 14.3 Å². The maximum atomic E-state index is 12.0. The molecule has 0 aromatic heterocycles. The van der Waals surface area contributed by atoms with Gasteiger partial charge in [0, 0.05) is 32.7 Å². The molecule has 2 aliphatic rings. The van der Waals surface area contributed by atoms with Gasteiger partial charge in [0.05, 0.1) is 0 Å². The van der Waals surface area contributed by atoms with Crippen molar-refractivity contribution < 1.29 is 8.42 Å². The number of hydrogen-bond acceptors (Lipinski definition) is 4. The second-order valence-electron chi connectivity index (χ2n) is 4.56. The van der Waals surface area contributed by atoms with E-state index < -0.39 is 10.2 Å². The minimum absolute atomic E-state index is 0.522. The number of piperazine rings is 1. The van der Waals surface area contributed by atoms with Gasteiger partial charge in [-0.25, -0.2) is 4.72 Å². The van der Waals surface area contributed by atoms with Crippen molar-refractivity contribution in [3.8, 4) is 0 Å². The van der Waals surface area contributed by atoms with Crippen LogP contribution in [0.5, 0.6) is 0 Å². The lowest BCUT2D eigenvalue weighted by Gasteiger charge is -2.28. The van der Waals surface area contributed by atoms with Gasteiger partial charge in [-0.3, -0.25) is 0 Å². The van der Waals surface area contributed by atoms with Gasteiger partial charge in [0.1, 0.15) is 0 Å². The summed E-state index contributed by atoms with van der Waals surface area (Å²) >= 11 is 1.96. The SMILES string of the molecule is O=S(=O)(NCC1CCSCC1)N1CCNCC1. The van der Waals surface area contributed by atoms with Gasteiger partial charge in [-0.15, -0.1) is 0 Å². The maximum absolute atomic E-state index is 12.0. The first-order valence-electron chi connectivity index (χ1n) is 6.22. The third-order valence-corrected chi connectivity index (χ3v) is 5.94. The Morgan fingerprint density at radius 1 is 1.24 bits per heavy atom. The minimum atomic E-state index is -3.25. The number of nitrogens with one attached hydrogen (secondary N) is 2. The molecule has 100 valence electrons. The van der Waals surface area contributed by atoms with Crippen molar-refractivity contribution >= 4 is 22.0 Å². The predicted octanol–water partition coefficient (Wildman–Crippen LogP) is -0.131. The lowest BCUT2D eigenvalue weighted by Crippen LogP contribution is -2.51. The molecule has 5 nitrogen and oxygen atoms in total. The standard InChI is InChI=1S/C10H21N3O2S2/c14-17(15,13-5-3-11-4-6-13)12-9-10-1-7-16-8-2-10/h10-12H,1-9H2. The Kier molecular flexibility index (Phi) is 5.10. The van der Waals surface area contributed by atoms with Crippen molar-refractivity contribution in [2.45, 2.75) is 12.8 Å². The van der Waals surface area contributed by atoms with Crippen molar-refractivity contribution in [3.05, 3.63) is 0 Å². The highest BCUT2D eigenvalue weighted by molar-refractivity contribution is 7.99. The monoisotopic (exact) mass is 279 g/mol. The van der Waals surface area contributed by atoms with Crippen LogP contribution in [-0.2, 0) is 10.2 Å². The topological polar surface area (TPSA) is 61.4 Å². The van der Waals surface area contributed by atoms with E-state index in [2.05, 4.69) is 10.0 Å². The summed E-state index contributed by atoms with van der Waals surface area (Å²) in [4.78, 5) is 0. The highest BCUT2D eigenvalue weighted by Crippen LogP contribution is 2.22. The fraction of sp³-hybridized carbons (Fsp3) is 1.00. The van der Waals surface area contributed by atoms with Crippen LogP contribution in [0.25, 0.3) is 0 Å². The van der Waals surface area contributed by atoms with Crippen LogP contribution in [0.4, 0.5) is 0 Å². The minimum Gasteiger partial charge on any atom is -0.314 e. The Morgan fingerprint density at radius 2 is 1.88 bits per heavy atom. The zero-order valence-electron chi connectivity index (χ0n) is 10.0. The van der Waals surface area contributed by atoms with Crippen LogP contribution in [0.3, 0.4) is 0 Å². The molecular formula is C10H21N3O2S2. The molecule has 2 aliphatic heterocycles. The fourth-order valence-corrected chi connectivity index (χ4v) is 4.65. The van der Waals surface area contributed by atoms with E-state index in [1.54, 1.807) is 4.31 Å². The summed E-state index contributed by atoms with van der Waals surface area (Å²) in [7, 11) is -3.25. The zero-order chi connectivity index (χ0) is 12.1. The summed E-state index contributed by atoms with van der Waals surface area (Å²) in [6, 6.07) is 0. The molecule has 2 heterocycles. The summed E-state index contributed by atoms with van der Waals surface area (Å²) in [5, 5.41) is 3.16. The van der Waals surface area contributed by atoms with Crippen molar-refractivity contribution in [2.75, 3.05) is 44.2 Å². The average Bonchev–Trinajstić information content (AvgIpc) is 2.39. The van der Waals surface area contributed by atoms with Gasteiger partial charge in [0.15, 0.2) is 0 Å². The molecule has 2 N–H and O–H groups in total. The molecule has 0 aromatic rings. The summed E-state index contributed by atoms with van der Waals surface area (Å²) < 4.78 is 28.3. The van der Waals surface area contributed by atoms with E-state index >= 15 is 0 Å². The van der Waals surface area contributed by atoms with Crippen LogP contribution in [0.2, 0.25) is 0 Å². The second-order valence-corrected chi connectivity index (χ2v) is 7.54. The molecule has 0 aromatic carbocycles. The van der Waals surface area contributed by atoms with Crippen LogP contribution in [0.1, 0.15) is 12.8 Å². The molecule has 2 saturated heterocycles. The van der Waals surface area contributed by atoms with Gasteiger partial charge < -0.3 is 5.32 Å². The van der Waals surface area contributed by atoms with Crippen LogP contribution in [0.15, 0.2) is 0 Å². The molecule has 0 saturated carbocycles. The summed E-state index contributed by atoms with van der Waals surface area (Å²) in [6.07, 6.45) is 2.27. The largest absolute Gasteiger partial charge is 0.314 e. The highest BCUT2D eigenvalue weighted by Gasteiger charge is 2.24. The van der Waals surface area contributed by atoms with Crippen molar-refractivity contribution in [1.29, 1.82) is 0 Å². The molecule has 0 unspecified atom stereocenters. The molecule has 0 amide bonds. The molecule has 0 radical (unpaired) electrons. The molecular weight excluding hydrogens is 258 g/mol. The van der Waals surface area contributed by atoms with E-state index in [4.69, 9.17) is 0 Å². The molecule has 0 atom stereocenters. The first-order valence-corrected chi connectivity index (χ1v) is 8.81. The highest BCUT2D eigenvalue weighted by atomic mass is 32.2. The Morgan fingerprint density at radius 3 is 2.53 bits per heavy atom. The average molecular weight is 279 g/mol. The van der Waals surface area contributed by atoms with Gasteiger partial charge in [-0.05, 0) is 30.3 Å². The molecule has 17 heavy (non-hydrogen) atoms. The van der Waals surface area contributed by atoms with Crippen molar-refractivity contribution in [2.24, 2.45) is 5.92 Å². The Hall–Kier alpha value is 0.180. The van der Waals surface area contributed by atoms with E-state index in [1.807, 2.05) is 11.8 Å². The molecule has 0 aliphatic carbocycles. The van der Waals surface area contributed by atoms with Crippen LogP contribution in [-0.4, -0.2) is 57.0 Å². The third kappa shape index (κ3) is 4.10. The normalized spacial score (nSPS) is 24.9. The lowest BCUT2D eigenvalue weighted by atomic mass is 10.0. The number of nitrogens with zero attached hydrogens (tertiary/aromatic N) is 1. The number of rotatable bonds is 4. The van der Waals surface area contributed by atoms with Gasteiger partial charge in [-0.1, -0.05) is 0 Å². The third-order valence-electron chi connectivity index (χ3n) is 3.31. The van der Waals surface area contributed by atoms with E-state index in [0.29, 0.717) is 25.6 Å². The molecule has 0 bridgehead atoms. The summed E-state index contributed by atoms with van der Waals surface area (Å²) in [6.45, 7) is 3.26. The van der Waals surface area contributed by atoms with Gasteiger partial charge in [0.25, 0.3) is 10.2 Å². The van der Waals surface area contributed by atoms with E-state index in [0.717, 1.165) is 25.9 Å². The lowest BCUT2D eigenvalue weighted by molar-refractivity contribution is 0.351. The second kappa shape index (κ2) is 6.38. The Balaban J connectivity index is 1.79. The first-order chi connectivity index (χ1) is 8.18. The molecule has 2 fully saturated rings. The van der Waals surface area contributed by atoms with Gasteiger partial charge in [0.2, 0.25) is 0 Å². The van der Waals surface area contributed by atoms with Crippen molar-refractivity contribution in [3.63, 3.8) is 0 Å². The number of thioether (sulfide) groups is 1.